The van der Waals surface area contributed by atoms with Crippen molar-refractivity contribution in [2.45, 2.75) is 50.4 Å². The Hall–Kier alpha value is -2.82. The van der Waals surface area contributed by atoms with Crippen LogP contribution in [0.2, 0.25) is 5.02 Å². The third kappa shape index (κ3) is 4.57. The maximum absolute atomic E-state index is 14.3. The van der Waals surface area contributed by atoms with E-state index in [0.717, 1.165) is 11.4 Å². The van der Waals surface area contributed by atoms with Crippen molar-refractivity contribution in [3.63, 3.8) is 0 Å². The number of fused-ring (bicyclic) bond motifs is 1. The molecule has 182 valence electrons. The molecule has 34 heavy (non-hydrogen) atoms. The highest BCUT2D eigenvalue weighted by molar-refractivity contribution is 6.30. The highest BCUT2D eigenvalue weighted by Crippen LogP contribution is 2.43. The van der Waals surface area contributed by atoms with E-state index in [0.29, 0.717) is 43.6 Å². The van der Waals surface area contributed by atoms with Gasteiger partial charge in [0.25, 0.3) is 0 Å². The van der Waals surface area contributed by atoms with Crippen molar-refractivity contribution in [1.29, 1.82) is 0 Å². The minimum Gasteiger partial charge on any atom is -0.465 e. The van der Waals surface area contributed by atoms with Crippen LogP contribution in [0.3, 0.4) is 0 Å². The van der Waals surface area contributed by atoms with Gasteiger partial charge >= 0.3 is 6.09 Å². The molecule has 11 heteroatoms. The van der Waals surface area contributed by atoms with Crippen LogP contribution >= 0.6 is 11.6 Å². The summed E-state index contributed by atoms with van der Waals surface area (Å²) in [6.07, 6.45) is 0.646. The van der Waals surface area contributed by atoms with E-state index in [2.05, 4.69) is 20.2 Å². The molecule has 1 unspecified atom stereocenters. The van der Waals surface area contributed by atoms with Crippen LogP contribution in [0.5, 0.6) is 0 Å². The number of halogens is 2. The Kier molecular flexibility index (Phi) is 7.01. The number of nitrogens with zero attached hydrogens (tertiary/aromatic N) is 4. The van der Waals surface area contributed by atoms with Gasteiger partial charge in [-0.05, 0) is 37.0 Å². The van der Waals surface area contributed by atoms with Crippen LogP contribution in [0, 0.1) is 5.82 Å². The number of carboxylic acid groups (broad SMARTS) is 1. The van der Waals surface area contributed by atoms with Crippen molar-refractivity contribution in [3.8, 4) is 0 Å². The number of hydrogen-bond acceptors (Lipinski definition) is 7. The van der Waals surface area contributed by atoms with Gasteiger partial charge in [-0.15, -0.1) is 0 Å². The number of hydrogen-bond donors (Lipinski definition) is 3. The summed E-state index contributed by atoms with van der Waals surface area (Å²) in [6.45, 7) is 5.53. The van der Waals surface area contributed by atoms with Gasteiger partial charge in [-0.3, -0.25) is 4.90 Å². The van der Waals surface area contributed by atoms with Gasteiger partial charge in [0.2, 0.25) is 0 Å². The summed E-state index contributed by atoms with van der Waals surface area (Å²) in [4.78, 5) is 36.2. The van der Waals surface area contributed by atoms with E-state index in [9.17, 15) is 24.2 Å². The third-order valence-corrected chi connectivity index (χ3v) is 6.97. The lowest BCUT2D eigenvalue weighted by Gasteiger charge is -2.45. The Morgan fingerprint density at radius 1 is 1.32 bits per heavy atom. The summed E-state index contributed by atoms with van der Waals surface area (Å²) in [5.74, 6) is 0.265. The topological polar surface area (TPSA) is 119 Å². The number of nitrogens with one attached hydrogen (secondary N) is 1. The second kappa shape index (κ2) is 9.81. The summed E-state index contributed by atoms with van der Waals surface area (Å²) < 4.78 is 14.3. The molecular weight excluding hydrogens is 465 g/mol. The van der Waals surface area contributed by atoms with E-state index in [1.807, 2.05) is 18.7 Å². The van der Waals surface area contributed by atoms with E-state index in [1.54, 1.807) is 6.07 Å². The smallest absolute Gasteiger partial charge is 0.405 e. The number of benzene rings is 1. The summed E-state index contributed by atoms with van der Waals surface area (Å²) >= 11 is 5.84. The van der Waals surface area contributed by atoms with Crippen molar-refractivity contribution in [2.24, 2.45) is 0 Å². The van der Waals surface area contributed by atoms with Crippen molar-refractivity contribution in [1.82, 2.24) is 20.2 Å². The fraction of sp³-hybridized carbons (Fsp3) is 0.478. The predicted molar refractivity (Wildman–Crippen MR) is 124 cm³/mol. The number of carbonyl (C=O) groups is 2. The minimum atomic E-state index is -1.34. The predicted octanol–water partition coefficient (Wildman–Crippen LogP) is 2.90. The van der Waals surface area contributed by atoms with Crippen LogP contribution in [-0.4, -0.2) is 69.2 Å². The number of aliphatic hydroxyl groups is 1. The normalized spacial score (nSPS) is 24.4. The molecule has 3 N–H and O–H groups in total. The van der Waals surface area contributed by atoms with Crippen LogP contribution in [0.15, 0.2) is 24.5 Å². The molecule has 5 atom stereocenters. The molecule has 2 heterocycles. The summed E-state index contributed by atoms with van der Waals surface area (Å²) in [5.41, 5.74) is 2.06. The molecule has 9 nitrogen and oxygen atoms in total. The quantitative estimate of drug-likeness (QED) is 0.528. The van der Waals surface area contributed by atoms with Crippen LogP contribution < -0.4 is 10.2 Å². The van der Waals surface area contributed by atoms with Crippen molar-refractivity contribution < 1.29 is 24.2 Å². The summed E-state index contributed by atoms with van der Waals surface area (Å²) in [6, 6.07) is 2.36. The van der Waals surface area contributed by atoms with Crippen LogP contribution in [0.4, 0.5) is 15.0 Å². The Labute approximate surface area is 201 Å². The number of aldehydes is 1. The Morgan fingerprint density at radius 2 is 2.09 bits per heavy atom. The number of piperazine rings is 1. The molecule has 2 aliphatic rings. The molecule has 0 saturated carbocycles. The maximum Gasteiger partial charge on any atom is 0.405 e. The second-order valence-electron chi connectivity index (χ2n) is 8.92. The SMILES string of the molecule is C[C@@H]1C[C@@H](O)c2ncnc(N3CCN([C@@H](c4ccc(Cl)c(F)c4)C(C=O)NC(=O)O)C[C@@H]3C)c21. The van der Waals surface area contributed by atoms with Crippen molar-refractivity contribution >= 4 is 29.8 Å². The standard InChI is InChI=1S/C23H27ClFN5O4/c1-12-7-18(32)20-19(12)22(27-11-26-20)30-6-5-29(9-13(30)2)21(17(10-31)28-23(33)34)14-3-4-15(24)16(25)8-14/h3-4,8,10-13,17-18,21,28,32H,5-7,9H2,1-2H3,(H,33,34)/t12-,13+,17?,18-,21+/m1/s1. The first kappa shape index (κ1) is 24.3. The number of aromatic nitrogens is 2. The van der Waals surface area contributed by atoms with Crippen molar-refractivity contribution in [2.75, 3.05) is 24.5 Å². The molecule has 0 radical (unpaired) electrons. The number of carbonyl (C=O) groups excluding carboxylic acids is 1. The fourth-order valence-electron chi connectivity index (χ4n) is 5.16. The van der Waals surface area contributed by atoms with Gasteiger partial charge in [-0.2, -0.15) is 0 Å². The van der Waals surface area contributed by atoms with E-state index in [-0.39, 0.29) is 17.0 Å². The molecule has 1 saturated heterocycles. The number of rotatable bonds is 6. The molecule has 4 rings (SSSR count). The van der Waals surface area contributed by atoms with E-state index < -0.39 is 30.1 Å². The molecule has 0 bridgehead atoms. The highest BCUT2D eigenvalue weighted by atomic mass is 35.5. The summed E-state index contributed by atoms with van der Waals surface area (Å²) in [7, 11) is 0. The molecule has 1 fully saturated rings. The zero-order valence-corrected chi connectivity index (χ0v) is 19.6. The fourth-order valence-corrected chi connectivity index (χ4v) is 5.27. The average Bonchev–Trinajstić information content (AvgIpc) is 3.09. The monoisotopic (exact) mass is 491 g/mol. The van der Waals surface area contributed by atoms with Gasteiger partial charge < -0.3 is 25.2 Å². The molecule has 1 aliphatic heterocycles. The zero-order chi connectivity index (χ0) is 24.6. The van der Waals surface area contributed by atoms with Gasteiger partial charge in [-0.1, -0.05) is 24.6 Å². The molecule has 1 amide bonds. The van der Waals surface area contributed by atoms with Gasteiger partial charge in [0.1, 0.15) is 30.3 Å². The number of amides is 1. The molecule has 2 aromatic rings. The van der Waals surface area contributed by atoms with Gasteiger partial charge in [0.05, 0.1) is 22.9 Å². The van der Waals surface area contributed by atoms with E-state index in [4.69, 9.17) is 11.6 Å². The number of anilines is 1. The van der Waals surface area contributed by atoms with E-state index in [1.165, 1.54) is 18.5 Å². The lowest BCUT2D eigenvalue weighted by Crippen LogP contribution is -2.57. The summed E-state index contributed by atoms with van der Waals surface area (Å²) in [5, 5.41) is 21.8. The van der Waals surface area contributed by atoms with Gasteiger partial charge in [0, 0.05) is 31.2 Å². The highest BCUT2D eigenvalue weighted by Gasteiger charge is 2.38. The van der Waals surface area contributed by atoms with Crippen LogP contribution in [-0.2, 0) is 4.79 Å². The lowest BCUT2D eigenvalue weighted by molar-refractivity contribution is -0.111. The largest absolute Gasteiger partial charge is 0.465 e. The third-order valence-electron chi connectivity index (χ3n) is 6.67. The molecular formula is C23H27ClFN5O4. The first-order valence-corrected chi connectivity index (χ1v) is 11.5. The van der Waals surface area contributed by atoms with E-state index >= 15 is 0 Å². The first-order valence-electron chi connectivity index (χ1n) is 11.1. The van der Waals surface area contributed by atoms with Gasteiger partial charge in [-0.25, -0.2) is 19.2 Å². The Bertz CT molecular complexity index is 1090. The Morgan fingerprint density at radius 3 is 2.74 bits per heavy atom. The molecule has 1 aliphatic carbocycles. The van der Waals surface area contributed by atoms with Gasteiger partial charge in [0.15, 0.2) is 0 Å². The Balaban J connectivity index is 1.63. The zero-order valence-electron chi connectivity index (χ0n) is 18.9. The lowest BCUT2D eigenvalue weighted by atomic mass is 9.96. The second-order valence-corrected chi connectivity index (χ2v) is 9.32. The molecule has 0 spiro atoms. The van der Waals surface area contributed by atoms with Crippen LogP contribution in [0.25, 0.3) is 0 Å². The number of aliphatic hydroxyl groups excluding tert-OH is 1. The van der Waals surface area contributed by atoms with Crippen molar-refractivity contribution in [3.05, 3.63) is 52.2 Å². The molecule has 1 aromatic heterocycles. The van der Waals surface area contributed by atoms with Crippen LogP contribution in [0.1, 0.15) is 55.2 Å². The maximum atomic E-state index is 14.3. The molecule has 1 aromatic carbocycles. The minimum absolute atomic E-state index is 0.0524. The average molecular weight is 492 g/mol. The first-order chi connectivity index (χ1) is 16.2.